The average molecular weight is 570 g/mol. The van der Waals surface area contributed by atoms with Gasteiger partial charge in [0.1, 0.15) is 18.1 Å². The number of amides is 1. The van der Waals surface area contributed by atoms with Crippen molar-refractivity contribution in [2.75, 3.05) is 6.61 Å². The predicted octanol–water partition coefficient (Wildman–Crippen LogP) is 6.47. The molecular weight excluding hydrogens is 547 g/mol. The van der Waals surface area contributed by atoms with Crippen LogP contribution in [0.1, 0.15) is 23.6 Å². The van der Waals surface area contributed by atoms with Gasteiger partial charge >= 0.3 is 0 Å². The van der Waals surface area contributed by atoms with Crippen LogP contribution in [-0.4, -0.2) is 17.7 Å². The fourth-order valence-corrected chi connectivity index (χ4v) is 4.76. The number of hydrogen-bond donors (Lipinski definition) is 1. The van der Waals surface area contributed by atoms with Crippen molar-refractivity contribution >= 4 is 57.2 Å². The van der Waals surface area contributed by atoms with Crippen LogP contribution in [-0.2, 0) is 11.4 Å². The number of rotatable bonds is 7. The van der Waals surface area contributed by atoms with Crippen molar-refractivity contribution in [1.82, 2.24) is 5.32 Å². The van der Waals surface area contributed by atoms with Crippen molar-refractivity contribution < 1.29 is 14.3 Å². The molecule has 1 saturated heterocycles. The van der Waals surface area contributed by atoms with E-state index in [9.17, 15) is 4.79 Å². The Labute approximate surface area is 211 Å². The van der Waals surface area contributed by atoms with Crippen LogP contribution in [0.15, 0.2) is 76.6 Å². The monoisotopic (exact) mass is 570 g/mol. The zero-order valence-corrected chi connectivity index (χ0v) is 21.3. The first-order chi connectivity index (χ1) is 16.0. The SMILES string of the molecule is CCOc1ccc(N=C2NC(=O)/C(=C\c3ccc(OCc4cccc(C)c4)c(I)c3)S2)cc1. The summed E-state index contributed by atoms with van der Waals surface area (Å²) in [6, 6.07) is 21.6. The van der Waals surface area contributed by atoms with Crippen molar-refractivity contribution in [3.8, 4) is 11.5 Å². The van der Waals surface area contributed by atoms with Gasteiger partial charge in [0.25, 0.3) is 5.91 Å². The van der Waals surface area contributed by atoms with E-state index < -0.39 is 0 Å². The number of hydrogen-bond acceptors (Lipinski definition) is 5. The Balaban J connectivity index is 1.42. The van der Waals surface area contributed by atoms with Crippen molar-refractivity contribution in [2.45, 2.75) is 20.5 Å². The second kappa shape index (κ2) is 10.9. The van der Waals surface area contributed by atoms with Crippen molar-refractivity contribution in [2.24, 2.45) is 4.99 Å². The van der Waals surface area contributed by atoms with Crippen LogP contribution in [0.2, 0.25) is 0 Å². The summed E-state index contributed by atoms with van der Waals surface area (Å²) in [5.74, 6) is 1.46. The molecule has 0 saturated carbocycles. The molecule has 3 aromatic carbocycles. The summed E-state index contributed by atoms with van der Waals surface area (Å²) >= 11 is 3.59. The van der Waals surface area contributed by atoms with E-state index in [0.29, 0.717) is 23.3 Å². The molecular formula is C26H23IN2O3S. The summed E-state index contributed by atoms with van der Waals surface area (Å²) in [7, 11) is 0. The Kier molecular flexibility index (Phi) is 7.72. The lowest BCUT2D eigenvalue weighted by Gasteiger charge is -2.09. The highest BCUT2D eigenvalue weighted by atomic mass is 127. The summed E-state index contributed by atoms with van der Waals surface area (Å²) in [6.07, 6.45) is 1.87. The molecule has 33 heavy (non-hydrogen) atoms. The molecule has 0 aliphatic carbocycles. The molecule has 4 rings (SSSR count). The van der Waals surface area contributed by atoms with E-state index in [-0.39, 0.29) is 5.91 Å². The van der Waals surface area contributed by atoms with Crippen molar-refractivity contribution in [3.63, 3.8) is 0 Å². The Morgan fingerprint density at radius 3 is 2.61 bits per heavy atom. The molecule has 0 unspecified atom stereocenters. The largest absolute Gasteiger partial charge is 0.494 e. The third-order valence-corrected chi connectivity index (χ3v) is 6.51. The summed E-state index contributed by atoms with van der Waals surface area (Å²) in [4.78, 5) is 17.6. The van der Waals surface area contributed by atoms with Crippen molar-refractivity contribution in [3.05, 3.63) is 91.9 Å². The zero-order valence-electron chi connectivity index (χ0n) is 18.3. The van der Waals surface area contributed by atoms with Crippen molar-refractivity contribution in [1.29, 1.82) is 0 Å². The van der Waals surface area contributed by atoms with Crippen LogP contribution in [0.5, 0.6) is 11.5 Å². The molecule has 0 atom stereocenters. The average Bonchev–Trinajstić information content (AvgIpc) is 3.13. The maximum absolute atomic E-state index is 12.4. The van der Waals surface area contributed by atoms with E-state index in [1.165, 1.54) is 17.3 Å². The number of carbonyl (C=O) groups excluding carboxylic acids is 1. The first-order valence-corrected chi connectivity index (χ1v) is 12.4. The number of aliphatic imine (C=N–C) groups is 1. The highest BCUT2D eigenvalue weighted by Crippen LogP contribution is 2.30. The Morgan fingerprint density at radius 1 is 1.06 bits per heavy atom. The molecule has 168 valence electrons. The number of ether oxygens (including phenoxy) is 2. The molecule has 0 aromatic heterocycles. The van der Waals surface area contributed by atoms with Crippen LogP contribution >= 0.6 is 34.4 Å². The number of amidine groups is 1. The minimum Gasteiger partial charge on any atom is -0.494 e. The predicted molar refractivity (Wildman–Crippen MR) is 143 cm³/mol. The van der Waals surface area contributed by atoms with Gasteiger partial charge in [-0.15, -0.1) is 0 Å². The van der Waals surface area contributed by atoms with Gasteiger partial charge in [-0.2, -0.15) is 0 Å². The number of thioether (sulfide) groups is 1. The van der Waals surface area contributed by atoms with Gasteiger partial charge in [0.15, 0.2) is 5.17 Å². The molecule has 1 aliphatic heterocycles. The lowest BCUT2D eigenvalue weighted by atomic mass is 10.1. The summed E-state index contributed by atoms with van der Waals surface area (Å²) < 4.78 is 12.4. The second-order valence-electron chi connectivity index (χ2n) is 7.38. The summed E-state index contributed by atoms with van der Waals surface area (Å²) in [5, 5.41) is 3.39. The van der Waals surface area contributed by atoms with Crippen LogP contribution < -0.4 is 14.8 Å². The number of nitrogens with zero attached hydrogens (tertiary/aromatic N) is 1. The highest BCUT2D eigenvalue weighted by molar-refractivity contribution is 14.1. The summed E-state index contributed by atoms with van der Waals surface area (Å²) in [5.41, 5.74) is 4.04. The van der Waals surface area contributed by atoms with Gasteiger partial charge in [0.05, 0.1) is 20.8 Å². The van der Waals surface area contributed by atoms with Gasteiger partial charge in [-0.1, -0.05) is 35.9 Å². The number of benzene rings is 3. The molecule has 0 radical (unpaired) electrons. The molecule has 7 heteroatoms. The van der Waals surface area contributed by atoms with Crippen LogP contribution in [0, 0.1) is 10.5 Å². The van der Waals surface area contributed by atoms with Gasteiger partial charge in [0, 0.05) is 0 Å². The standard InChI is InChI=1S/C26H23IN2O3S/c1-3-31-21-10-8-20(9-11-21)28-26-29-25(30)24(33-26)15-18-7-12-23(22(27)14-18)32-16-19-6-4-5-17(2)13-19/h4-15H,3,16H2,1-2H3,(H,28,29,30)/b24-15+. The fourth-order valence-electron chi connectivity index (χ4n) is 3.22. The summed E-state index contributed by atoms with van der Waals surface area (Å²) in [6.45, 7) is 5.15. The van der Waals surface area contributed by atoms with Crippen LogP contribution in [0.25, 0.3) is 6.08 Å². The maximum Gasteiger partial charge on any atom is 0.264 e. The lowest BCUT2D eigenvalue weighted by Crippen LogP contribution is -2.19. The van der Waals surface area contributed by atoms with E-state index >= 15 is 0 Å². The first-order valence-electron chi connectivity index (χ1n) is 10.5. The number of carbonyl (C=O) groups is 1. The van der Waals surface area contributed by atoms with E-state index in [0.717, 1.165) is 31.9 Å². The molecule has 1 N–H and O–H groups in total. The molecule has 1 aliphatic rings. The van der Waals surface area contributed by atoms with Gasteiger partial charge in [-0.3, -0.25) is 4.79 Å². The quantitative estimate of drug-likeness (QED) is 0.262. The molecule has 1 fully saturated rings. The molecule has 0 spiro atoms. The number of aryl methyl sites for hydroxylation is 1. The molecule has 1 amide bonds. The van der Waals surface area contributed by atoms with Crippen LogP contribution in [0.4, 0.5) is 5.69 Å². The smallest absolute Gasteiger partial charge is 0.264 e. The van der Waals surface area contributed by atoms with Gasteiger partial charge in [-0.05, 0) is 102 Å². The Hall–Kier alpha value is -2.78. The molecule has 5 nitrogen and oxygen atoms in total. The Morgan fingerprint density at radius 2 is 1.88 bits per heavy atom. The molecule has 1 heterocycles. The topological polar surface area (TPSA) is 59.9 Å². The Bertz CT molecular complexity index is 1220. The van der Waals surface area contributed by atoms with Gasteiger partial charge in [0.2, 0.25) is 0 Å². The normalized spacial score (nSPS) is 15.7. The van der Waals surface area contributed by atoms with E-state index in [1.54, 1.807) is 0 Å². The third-order valence-electron chi connectivity index (χ3n) is 4.76. The van der Waals surface area contributed by atoms with E-state index in [1.807, 2.05) is 61.5 Å². The third kappa shape index (κ3) is 6.39. The van der Waals surface area contributed by atoms with E-state index in [4.69, 9.17) is 9.47 Å². The minimum atomic E-state index is -0.153. The van der Waals surface area contributed by atoms with Gasteiger partial charge in [-0.25, -0.2) is 4.99 Å². The highest BCUT2D eigenvalue weighted by Gasteiger charge is 2.24. The maximum atomic E-state index is 12.4. The second-order valence-corrected chi connectivity index (χ2v) is 9.57. The number of halogens is 1. The molecule has 3 aromatic rings. The lowest BCUT2D eigenvalue weighted by molar-refractivity contribution is -0.115. The molecule has 0 bridgehead atoms. The van der Waals surface area contributed by atoms with Crippen LogP contribution in [0.3, 0.4) is 0 Å². The number of nitrogens with one attached hydrogen (secondary N) is 1. The zero-order chi connectivity index (χ0) is 23.2. The van der Waals surface area contributed by atoms with E-state index in [2.05, 4.69) is 58.0 Å². The van der Waals surface area contributed by atoms with Gasteiger partial charge < -0.3 is 14.8 Å². The fraction of sp³-hybridized carbons (Fsp3) is 0.154. The first kappa shape index (κ1) is 23.4. The minimum absolute atomic E-state index is 0.153.